The van der Waals surface area contributed by atoms with Crippen LogP contribution in [0.5, 0.6) is 0 Å². The molecule has 3 rings (SSSR count). The topological polar surface area (TPSA) is 122 Å². The van der Waals surface area contributed by atoms with Gasteiger partial charge >= 0.3 is 5.91 Å². The predicted molar refractivity (Wildman–Crippen MR) is 104 cm³/mol. The Morgan fingerprint density at radius 1 is 1.21 bits per heavy atom. The van der Waals surface area contributed by atoms with E-state index in [9.17, 15) is 14.0 Å². The lowest BCUT2D eigenvalue weighted by Gasteiger charge is -2.13. The fourth-order valence-corrected chi connectivity index (χ4v) is 3.05. The molecule has 0 unspecified atom stereocenters. The second kappa shape index (κ2) is 8.17. The van der Waals surface area contributed by atoms with Gasteiger partial charge in [-0.2, -0.15) is 5.10 Å². The van der Waals surface area contributed by atoms with Crippen LogP contribution in [0, 0.1) is 12.7 Å². The molecular formula is C18H18FN5O3S. The summed E-state index contributed by atoms with van der Waals surface area (Å²) in [6, 6.07) is 5.45. The van der Waals surface area contributed by atoms with Crippen molar-refractivity contribution in [2.75, 3.05) is 0 Å². The molecule has 2 aromatic rings. The average Bonchev–Trinajstić information content (AvgIpc) is 3.02. The number of thiocarbonyl (C=S) groups is 1. The number of benzene rings is 1. The third-order valence-corrected chi connectivity index (χ3v) is 4.33. The van der Waals surface area contributed by atoms with Gasteiger partial charge in [-0.3, -0.25) is 25.9 Å². The standard InChI is InChI=1S/C18H18FN5O3S/c1-9-14-12(21-24-18(20)28)7-4-8-13(14)27-15(9)17(26)23-22-16(25)10-5-2-3-6-11(10)19/h2-3,5-6H,4,7-8H2,1H3,(H,22,25)(H,23,26)(H3,20,24,28)/b21-12+. The van der Waals surface area contributed by atoms with E-state index in [4.69, 9.17) is 22.4 Å². The van der Waals surface area contributed by atoms with E-state index in [1.165, 1.54) is 18.2 Å². The van der Waals surface area contributed by atoms with Gasteiger partial charge in [0.05, 0.1) is 11.3 Å². The molecule has 1 aromatic heterocycles. The zero-order chi connectivity index (χ0) is 20.3. The quantitative estimate of drug-likeness (QED) is 0.457. The SMILES string of the molecule is Cc1c(C(=O)NNC(=O)c2ccccc2F)oc2c1/C(=N/NC(N)=S)CCC2. The highest BCUT2D eigenvalue weighted by Crippen LogP contribution is 2.29. The number of nitrogens with two attached hydrogens (primary N) is 1. The number of nitrogens with one attached hydrogen (secondary N) is 3. The van der Waals surface area contributed by atoms with Crippen LogP contribution < -0.4 is 22.0 Å². The molecule has 1 aliphatic rings. The van der Waals surface area contributed by atoms with Gasteiger partial charge in [0.1, 0.15) is 11.6 Å². The number of furan rings is 1. The Morgan fingerprint density at radius 3 is 2.64 bits per heavy atom. The largest absolute Gasteiger partial charge is 0.455 e. The second-order valence-corrected chi connectivity index (χ2v) is 6.57. The maximum Gasteiger partial charge on any atom is 0.305 e. The van der Waals surface area contributed by atoms with Gasteiger partial charge in [0.2, 0.25) is 0 Å². The molecule has 0 spiro atoms. The number of hydrazine groups is 1. The van der Waals surface area contributed by atoms with Crippen LogP contribution in [0.4, 0.5) is 4.39 Å². The van der Waals surface area contributed by atoms with E-state index < -0.39 is 17.6 Å². The Bertz CT molecular complexity index is 986. The number of amides is 2. The number of rotatable bonds is 3. The first-order valence-corrected chi connectivity index (χ1v) is 8.89. The number of carbonyl (C=O) groups excluding carboxylic acids is 2. The minimum absolute atomic E-state index is 0.0367. The number of halogens is 1. The van der Waals surface area contributed by atoms with Crippen LogP contribution in [0.15, 0.2) is 33.8 Å². The summed E-state index contributed by atoms with van der Waals surface area (Å²) >= 11 is 4.76. The molecule has 1 heterocycles. The van der Waals surface area contributed by atoms with Gasteiger partial charge in [0.25, 0.3) is 5.91 Å². The molecule has 0 radical (unpaired) electrons. The number of hydrogen-bond donors (Lipinski definition) is 4. The minimum atomic E-state index is -0.775. The molecule has 146 valence electrons. The van der Waals surface area contributed by atoms with Crippen LogP contribution >= 0.6 is 12.2 Å². The summed E-state index contributed by atoms with van der Waals surface area (Å²) in [6.07, 6.45) is 2.12. The van der Waals surface area contributed by atoms with Crippen LogP contribution in [0.25, 0.3) is 0 Å². The van der Waals surface area contributed by atoms with Crippen molar-refractivity contribution in [3.05, 3.63) is 58.3 Å². The Hall–Kier alpha value is -3.27. The average molecular weight is 403 g/mol. The number of hydrazone groups is 1. The maximum absolute atomic E-state index is 13.6. The van der Waals surface area contributed by atoms with E-state index in [1.54, 1.807) is 6.92 Å². The molecule has 0 saturated heterocycles. The normalized spacial score (nSPS) is 14.3. The van der Waals surface area contributed by atoms with Crippen molar-refractivity contribution in [3.8, 4) is 0 Å². The van der Waals surface area contributed by atoms with Gasteiger partial charge in [-0.15, -0.1) is 0 Å². The fourth-order valence-electron chi connectivity index (χ4n) is 3.00. The van der Waals surface area contributed by atoms with E-state index in [0.29, 0.717) is 29.9 Å². The summed E-state index contributed by atoms with van der Waals surface area (Å²) in [5, 5.41) is 4.22. The molecule has 0 fully saturated rings. The number of hydrogen-bond acceptors (Lipinski definition) is 5. The van der Waals surface area contributed by atoms with E-state index in [-0.39, 0.29) is 16.4 Å². The summed E-state index contributed by atoms with van der Waals surface area (Å²) < 4.78 is 19.3. The lowest BCUT2D eigenvalue weighted by molar-refractivity contribution is 0.0827. The molecule has 28 heavy (non-hydrogen) atoms. The Balaban J connectivity index is 1.76. The van der Waals surface area contributed by atoms with E-state index in [1.807, 2.05) is 0 Å². The predicted octanol–water partition coefficient (Wildman–Crippen LogP) is 1.68. The van der Waals surface area contributed by atoms with Gasteiger partial charge < -0.3 is 10.2 Å². The van der Waals surface area contributed by atoms with Gasteiger partial charge in [-0.1, -0.05) is 12.1 Å². The van der Waals surface area contributed by atoms with Crippen molar-refractivity contribution >= 4 is 34.9 Å². The second-order valence-electron chi connectivity index (χ2n) is 6.13. The summed E-state index contributed by atoms with van der Waals surface area (Å²) in [5.41, 5.74) is 14.2. The van der Waals surface area contributed by atoms with Crippen LogP contribution in [-0.2, 0) is 6.42 Å². The first kappa shape index (κ1) is 19.5. The van der Waals surface area contributed by atoms with Crippen molar-refractivity contribution in [3.63, 3.8) is 0 Å². The molecule has 2 amide bonds. The zero-order valence-electron chi connectivity index (χ0n) is 15.0. The highest BCUT2D eigenvalue weighted by atomic mass is 32.1. The molecule has 1 aromatic carbocycles. The van der Waals surface area contributed by atoms with Crippen LogP contribution in [0.1, 0.15) is 50.6 Å². The van der Waals surface area contributed by atoms with Crippen molar-refractivity contribution in [2.45, 2.75) is 26.2 Å². The Morgan fingerprint density at radius 2 is 1.93 bits per heavy atom. The zero-order valence-corrected chi connectivity index (χ0v) is 15.8. The van der Waals surface area contributed by atoms with Gasteiger partial charge in [-0.05, 0) is 44.1 Å². The molecule has 0 aliphatic heterocycles. The van der Waals surface area contributed by atoms with Crippen molar-refractivity contribution in [1.82, 2.24) is 16.3 Å². The lowest BCUT2D eigenvalue weighted by Crippen LogP contribution is -2.42. The molecule has 1 aliphatic carbocycles. The Kier molecular flexibility index (Phi) is 5.69. The van der Waals surface area contributed by atoms with Gasteiger partial charge in [0.15, 0.2) is 10.9 Å². The number of aryl methyl sites for hydroxylation is 1. The van der Waals surface area contributed by atoms with E-state index in [0.717, 1.165) is 18.1 Å². The summed E-state index contributed by atoms with van der Waals surface area (Å²) in [4.78, 5) is 24.5. The van der Waals surface area contributed by atoms with Crippen LogP contribution in [0.3, 0.4) is 0 Å². The number of carbonyl (C=O) groups is 2. The minimum Gasteiger partial charge on any atom is -0.455 e. The lowest BCUT2D eigenvalue weighted by atomic mass is 9.93. The molecule has 8 nitrogen and oxygen atoms in total. The summed E-state index contributed by atoms with van der Waals surface area (Å²) in [5.74, 6) is -1.45. The van der Waals surface area contributed by atoms with Crippen molar-refractivity contribution in [1.29, 1.82) is 0 Å². The maximum atomic E-state index is 13.6. The van der Waals surface area contributed by atoms with E-state index >= 15 is 0 Å². The fraction of sp³-hybridized carbons (Fsp3) is 0.222. The molecule has 10 heteroatoms. The third kappa shape index (κ3) is 4.01. The summed E-state index contributed by atoms with van der Waals surface area (Å²) in [6.45, 7) is 1.72. The molecule has 0 bridgehead atoms. The van der Waals surface area contributed by atoms with Gasteiger partial charge in [0, 0.05) is 17.5 Å². The molecule has 0 saturated carbocycles. The third-order valence-electron chi connectivity index (χ3n) is 4.24. The number of nitrogens with zero attached hydrogens (tertiary/aromatic N) is 1. The Labute approximate surface area is 165 Å². The molecule has 5 N–H and O–H groups in total. The first-order chi connectivity index (χ1) is 13.4. The van der Waals surface area contributed by atoms with Crippen molar-refractivity contribution in [2.24, 2.45) is 10.8 Å². The highest BCUT2D eigenvalue weighted by molar-refractivity contribution is 7.80. The van der Waals surface area contributed by atoms with Crippen molar-refractivity contribution < 1.29 is 18.4 Å². The monoisotopic (exact) mass is 403 g/mol. The highest BCUT2D eigenvalue weighted by Gasteiger charge is 2.28. The van der Waals surface area contributed by atoms with Crippen LogP contribution in [-0.4, -0.2) is 22.6 Å². The number of fused-ring (bicyclic) bond motifs is 1. The summed E-state index contributed by atoms with van der Waals surface area (Å²) in [7, 11) is 0. The van der Waals surface area contributed by atoms with Gasteiger partial charge in [-0.25, -0.2) is 4.39 Å². The van der Waals surface area contributed by atoms with E-state index in [2.05, 4.69) is 21.4 Å². The van der Waals surface area contributed by atoms with Crippen LogP contribution in [0.2, 0.25) is 0 Å². The first-order valence-electron chi connectivity index (χ1n) is 8.48. The smallest absolute Gasteiger partial charge is 0.305 e. The molecule has 0 atom stereocenters. The molecular weight excluding hydrogens is 385 g/mol.